The molecule has 1 amide bonds. The van der Waals surface area contributed by atoms with Crippen molar-refractivity contribution in [1.82, 2.24) is 5.32 Å². The van der Waals surface area contributed by atoms with Gasteiger partial charge in [0.15, 0.2) is 23.6 Å². The van der Waals surface area contributed by atoms with Crippen molar-refractivity contribution in [2.75, 3.05) is 13.7 Å². The maximum atomic E-state index is 15.5. The van der Waals surface area contributed by atoms with Crippen LogP contribution in [0.3, 0.4) is 0 Å². The van der Waals surface area contributed by atoms with E-state index in [4.69, 9.17) is 28.4 Å². The van der Waals surface area contributed by atoms with Crippen molar-refractivity contribution < 1.29 is 72.5 Å². The van der Waals surface area contributed by atoms with Gasteiger partial charge in [-0.2, -0.15) is 0 Å². The number of ketones is 1. The van der Waals surface area contributed by atoms with E-state index in [0.29, 0.717) is 0 Å². The van der Waals surface area contributed by atoms with Crippen LogP contribution in [0.2, 0.25) is 0 Å². The lowest BCUT2D eigenvalue weighted by Crippen LogP contribution is -2.82. The fourth-order valence-corrected chi connectivity index (χ4v) is 9.77. The number of aliphatic hydroxyl groups excluding tert-OH is 2. The zero-order valence-corrected chi connectivity index (χ0v) is 36.6. The van der Waals surface area contributed by atoms with E-state index in [0.717, 1.165) is 14.0 Å². The Kier molecular flexibility index (Phi) is 12.6. The summed E-state index contributed by atoms with van der Waals surface area (Å²) < 4.78 is 35.0. The summed E-state index contributed by atoms with van der Waals surface area (Å²) in [4.78, 5) is 83.0. The molecular weight excluding hydrogens is 782 g/mol. The van der Waals surface area contributed by atoms with Gasteiger partial charge in [-0.1, -0.05) is 73.6 Å². The van der Waals surface area contributed by atoms with Crippen LogP contribution in [0.5, 0.6) is 0 Å². The fourth-order valence-electron chi connectivity index (χ4n) is 9.77. The smallest absolute Gasteiger partial charge is 0.456 e. The topological polar surface area (TPSA) is 231 Å². The highest BCUT2D eigenvalue weighted by atomic mass is 16.8. The lowest BCUT2D eigenvalue weighted by atomic mass is 9.44. The molecular formula is C44H61NO15. The Morgan fingerprint density at radius 3 is 2.12 bits per heavy atom. The third-order valence-electron chi connectivity index (χ3n) is 13.0. The zero-order valence-electron chi connectivity index (χ0n) is 36.6. The van der Waals surface area contributed by atoms with E-state index in [1.54, 1.807) is 52.8 Å². The average molecular weight is 844 g/mol. The minimum Gasteiger partial charge on any atom is -0.456 e. The number of rotatable bonds is 9. The van der Waals surface area contributed by atoms with Crippen LogP contribution >= 0.6 is 0 Å². The quantitative estimate of drug-likeness (QED) is 0.158. The van der Waals surface area contributed by atoms with Gasteiger partial charge in [0.1, 0.15) is 23.9 Å². The van der Waals surface area contributed by atoms with Crippen molar-refractivity contribution >= 4 is 35.8 Å². The van der Waals surface area contributed by atoms with Gasteiger partial charge in [0.2, 0.25) is 5.91 Å². The molecule has 5 rings (SSSR count). The molecule has 0 spiro atoms. The van der Waals surface area contributed by atoms with Crippen molar-refractivity contribution in [3.63, 3.8) is 0 Å². The van der Waals surface area contributed by atoms with Gasteiger partial charge in [0.05, 0.1) is 42.8 Å². The highest BCUT2D eigenvalue weighted by molar-refractivity contribution is 5.95. The number of carbonyl (C=O) groups excluding carboxylic acids is 6. The molecule has 332 valence electrons. The Bertz CT molecular complexity index is 1910. The first-order valence-corrected chi connectivity index (χ1v) is 20.2. The molecule has 3 fully saturated rings. The van der Waals surface area contributed by atoms with Crippen molar-refractivity contribution in [2.45, 2.75) is 149 Å². The van der Waals surface area contributed by atoms with E-state index in [9.17, 15) is 39.3 Å². The van der Waals surface area contributed by atoms with Crippen LogP contribution in [-0.2, 0) is 47.6 Å². The maximum absolute atomic E-state index is 15.5. The van der Waals surface area contributed by atoms with Gasteiger partial charge in [-0.15, -0.1) is 0 Å². The number of nitrogens with one attached hydrogen (secondary N) is 1. The van der Waals surface area contributed by atoms with Crippen LogP contribution in [0.1, 0.15) is 106 Å². The number of benzene rings is 1. The molecule has 60 heavy (non-hydrogen) atoms. The second kappa shape index (κ2) is 16.1. The van der Waals surface area contributed by atoms with E-state index in [-0.39, 0.29) is 36.2 Å². The lowest BCUT2D eigenvalue weighted by Gasteiger charge is -2.67. The summed E-state index contributed by atoms with van der Waals surface area (Å²) in [6, 6.07) is 6.66. The molecule has 0 radical (unpaired) electrons. The molecule has 3 aliphatic carbocycles. The summed E-state index contributed by atoms with van der Waals surface area (Å²) in [6.45, 7) is 17.5. The number of ether oxygens (including phenoxy) is 6. The van der Waals surface area contributed by atoms with Gasteiger partial charge < -0.3 is 49.1 Å². The molecule has 1 saturated heterocycles. The average Bonchev–Trinajstić information content (AvgIpc) is 3.13. The lowest BCUT2D eigenvalue weighted by molar-refractivity contribution is -0.344. The number of fused-ring (bicyclic) bond motifs is 5. The highest BCUT2D eigenvalue weighted by Crippen LogP contribution is 2.64. The monoisotopic (exact) mass is 843 g/mol. The van der Waals surface area contributed by atoms with Gasteiger partial charge in [-0.05, 0) is 48.0 Å². The molecule has 1 aromatic carbocycles. The first kappa shape index (κ1) is 46.7. The largest absolute Gasteiger partial charge is 0.508 e. The van der Waals surface area contributed by atoms with Gasteiger partial charge >= 0.3 is 24.1 Å². The molecule has 1 unspecified atom stereocenters. The Balaban J connectivity index is 1.74. The van der Waals surface area contributed by atoms with E-state index >= 15 is 4.79 Å². The molecule has 11 atom stereocenters. The number of aliphatic hydroxyl groups is 3. The summed E-state index contributed by atoms with van der Waals surface area (Å²) >= 11 is 0. The summed E-state index contributed by atoms with van der Waals surface area (Å²) in [7, 11) is 1.07. The number of hydrogen-bond acceptors (Lipinski definition) is 15. The number of Topliss-reactive ketones (excluding diaryl/α,β-unsaturated/α-hetero) is 1. The zero-order chi connectivity index (χ0) is 45.1. The fraction of sp³-hybridized carbons (Fsp3) is 0.682. The summed E-state index contributed by atoms with van der Waals surface area (Å²) in [5.74, 6) is -5.92. The third-order valence-corrected chi connectivity index (χ3v) is 13.0. The number of methoxy groups -OCH3 is 1. The van der Waals surface area contributed by atoms with Crippen LogP contribution in [0.4, 0.5) is 4.79 Å². The summed E-state index contributed by atoms with van der Waals surface area (Å²) in [5, 5.41) is 40.1. The van der Waals surface area contributed by atoms with Gasteiger partial charge in [-0.25, -0.2) is 14.4 Å². The van der Waals surface area contributed by atoms with E-state index in [1.165, 1.54) is 26.0 Å². The van der Waals surface area contributed by atoms with E-state index < -0.39 is 124 Å². The Labute approximate surface area is 350 Å². The second-order valence-electron chi connectivity index (χ2n) is 19.7. The third kappa shape index (κ3) is 8.07. The summed E-state index contributed by atoms with van der Waals surface area (Å²) in [6.07, 6.45) is -11.6. The predicted molar refractivity (Wildman–Crippen MR) is 212 cm³/mol. The van der Waals surface area contributed by atoms with Crippen LogP contribution < -0.4 is 5.32 Å². The first-order chi connectivity index (χ1) is 27.6. The van der Waals surface area contributed by atoms with Crippen LogP contribution in [0.15, 0.2) is 41.5 Å². The van der Waals surface area contributed by atoms with Crippen molar-refractivity contribution in [2.24, 2.45) is 27.6 Å². The highest BCUT2D eigenvalue weighted by Gasteiger charge is 2.78. The molecule has 2 saturated carbocycles. The molecule has 16 nitrogen and oxygen atoms in total. The number of carbonyl (C=O) groups is 6. The minimum absolute atomic E-state index is 0.00264. The SMILES string of the molecule is COC(=O)O[C@@]12CO[C@@H]1C[C@H](O)[C@@]1(C)C(=O)[C@H](OC(C)=O)C3=C(C)[C@@H](OC(=O)[C@H](O)[C@@H](NC(=O)CC(C)(C)C)C(C)(C)C)C[C@@](O)([C@@H](OC(=O)c4ccccc4)C12)C3(C)C. The normalized spacial score (nSPS) is 33.2. The van der Waals surface area contributed by atoms with Gasteiger partial charge in [-0.3, -0.25) is 14.4 Å². The molecule has 1 heterocycles. The molecule has 1 aromatic rings. The Hall–Kier alpha value is -4.38. The minimum atomic E-state index is -2.40. The maximum Gasteiger partial charge on any atom is 0.508 e. The van der Waals surface area contributed by atoms with Crippen LogP contribution in [0, 0.1) is 27.6 Å². The van der Waals surface area contributed by atoms with Gasteiger partial charge in [0.25, 0.3) is 0 Å². The molecule has 16 heteroatoms. The summed E-state index contributed by atoms with van der Waals surface area (Å²) in [5.41, 5.74) is -9.08. The molecule has 1 aliphatic heterocycles. The number of amides is 1. The number of esters is 3. The van der Waals surface area contributed by atoms with Crippen molar-refractivity contribution in [3.05, 3.63) is 47.0 Å². The Morgan fingerprint density at radius 1 is 0.983 bits per heavy atom. The Morgan fingerprint density at radius 2 is 1.60 bits per heavy atom. The van der Waals surface area contributed by atoms with Crippen molar-refractivity contribution in [1.29, 1.82) is 0 Å². The standard InChI is InChI=1S/C44H61NO15/c1-22-25(58-37(52)30(49)33(40(6,7)8)45-28(48)20-39(3,4)5)19-44(54)35(59-36(51)24-16-14-13-15-17-24)32-42(11,34(50)31(57-23(2)46)29(22)41(44,9)10)26(47)18-27-43(32,21-56-27)60-38(53)55-12/h13-17,25-27,30-33,35,47,49,54H,18-21H2,1-12H3,(H,45,48)/t25-,26-,27+,30+,31+,32?,33+,35-,42+,43-,44+/m0/s1. The van der Waals surface area contributed by atoms with Crippen LogP contribution in [-0.4, -0.2) is 119 Å². The molecule has 4 aliphatic rings. The van der Waals surface area contributed by atoms with Crippen LogP contribution in [0.25, 0.3) is 0 Å². The van der Waals surface area contributed by atoms with Crippen molar-refractivity contribution in [3.8, 4) is 0 Å². The molecule has 4 N–H and O–H groups in total. The predicted octanol–water partition coefficient (Wildman–Crippen LogP) is 3.75. The number of hydrogen-bond donors (Lipinski definition) is 4. The first-order valence-electron chi connectivity index (χ1n) is 20.2. The molecule has 0 aromatic heterocycles. The van der Waals surface area contributed by atoms with E-state index in [1.807, 2.05) is 20.8 Å². The second-order valence-corrected chi connectivity index (χ2v) is 19.7. The van der Waals surface area contributed by atoms with E-state index in [2.05, 4.69) is 5.32 Å². The van der Waals surface area contributed by atoms with Gasteiger partial charge in [0, 0.05) is 31.6 Å². The molecule has 2 bridgehead atoms.